The number of aromatic nitrogens is 2. The first-order chi connectivity index (χ1) is 8.69. The summed E-state index contributed by atoms with van der Waals surface area (Å²) in [5.41, 5.74) is 0.374. The Labute approximate surface area is 113 Å². The summed E-state index contributed by atoms with van der Waals surface area (Å²) in [5, 5.41) is 5.91. The molecule has 0 spiro atoms. The molecule has 6 heteroatoms. The summed E-state index contributed by atoms with van der Waals surface area (Å²) in [5.74, 6) is 0.718. The number of nitrogens with zero attached hydrogens (tertiary/aromatic N) is 2. The lowest BCUT2D eigenvalue weighted by molar-refractivity contribution is 0.631. The van der Waals surface area contributed by atoms with Crippen LogP contribution in [0.2, 0.25) is 0 Å². The lowest BCUT2D eigenvalue weighted by Gasteiger charge is -2.08. The van der Waals surface area contributed by atoms with E-state index < -0.39 is 0 Å². The first-order valence-corrected chi connectivity index (χ1v) is 6.27. The molecular formula is C12H12BrFN4. The van der Waals surface area contributed by atoms with Crippen molar-refractivity contribution in [2.45, 2.75) is 6.92 Å². The van der Waals surface area contributed by atoms with Crippen LogP contribution in [-0.4, -0.2) is 16.5 Å². The van der Waals surface area contributed by atoms with Gasteiger partial charge >= 0.3 is 0 Å². The first kappa shape index (κ1) is 12.8. The number of hydrogen-bond acceptors (Lipinski definition) is 4. The normalized spacial score (nSPS) is 10.2. The third-order valence-electron chi connectivity index (χ3n) is 2.18. The van der Waals surface area contributed by atoms with Gasteiger partial charge < -0.3 is 10.6 Å². The van der Waals surface area contributed by atoms with Gasteiger partial charge in [0.15, 0.2) is 0 Å². The Kier molecular flexibility index (Phi) is 4.09. The molecule has 18 heavy (non-hydrogen) atoms. The average molecular weight is 311 g/mol. The number of anilines is 3. The highest BCUT2D eigenvalue weighted by Crippen LogP contribution is 2.22. The summed E-state index contributed by atoms with van der Waals surface area (Å²) in [7, 11) is 0. The quantitative estimate of drug-likeness (QED) is 0.906. The van der Waals surface area contributed by atoms with Crippen LogP contribution < -0.4 is 10.6 Å². The van der Waals surface area contributed by atoms with E-state index in [9.17, 15) is 4.39 Å². The van der Waals surface area contributed by atoms with Gasteiger partial charge in [-0.3, -0.25) is 0 Å². The maximum atomic E-state index is 13.6. The highest BCUT2D eigenvalue weighted by atomic mass is 79.9. The summed E-state index contributed by atoms with van der Waals surface area (Å²) in [6, 6.07) is 6.49. The van der Waals surface area contributed by atoms with Gasteiger partial charge in [0.1, 0.15) is 11.6 Å². The third kappa shape index (κ3) is 3.16. The van der Waals surface area contributed by atoms with Crippen LogP contribution in [0.4, 0.5) is 21.8 Å². The minimum Gasteiger partial charge on any atom is -0.354 e. The highest BCUT2D eigenvalue weighted by molar-refractivity contribution is 9.10. The molecule has 2 N–H and O–H groups in total. The molecule has 2 aromatic rings. The topological polar surface area (TPSA) is 49.8 Å². The van der Waals surface area contributed by atoms with Crippen molar-refractivity contribution < 1.29 is 4.39 Å². The van der Waals surface area contributed by atoms with Crippen LogP contribution in [-0.2, 0) is 0 Å². The van der Waals surface area contributed by atoms with Gasteiger partial charge in [-0.25, -0.2) is 9.37 Å². The van der Waals surface area contributed by atoms with Crippen LogP contribution in [0.15, 0.2) is 34.9 Å². The minimum absolute atomic E-state index is 0.340. The molecule has 0 saturated carbocycles. The average Bonchev–Trinajstić information content (AvgIpc) is 2.34. The van der Waals surface area contributed by atoms with Crippen LogP contribution in [0.1, 0.15) is 6.92 Å². The first-order valence-electron chi connectivity index (χ1n) is 5.48. The van der Waals surface area contributed by atoms with Gasteiger partial charge in [0, 0.05) is 17.2 Å². The second kappa shape index (κ2) is 5.77. The van der Waals surface area contributed by atoms with Gasteiger partial charge in [-0.2, -0.15) is 4.98 Å². The highest BCUT2D eigenvalue weighted by Gasteiger charge is 2.04. The Morgan fingerprint density at radius 2 is 2.17 bits per heavy atom. The van der Waals surface area contributed by atoms with E-state index in [4.69, 9.17) is 0 Å². The van der Waals surface area contributed by atoms with Crippen LogP contribution in [0.25, 0.3) is 0 Å². The maximum absolute atomic E-state index is 13.6. The summed E-state index contributed by atoms with van der Waals surface area (Å²) >= 11 is 3.21. The Morgan fingerprint density at radius 1 is 1.33 bits per heavy atom. The van der Waals surface area contributed by atoms with E-state index >= 15 is 0 Å². The van der Waals surface area contributed by atoms with Crippen LogP contribution in [0.5, 0.6) is 0 Å². The fourth-order valence-electron chi connectivity index (χ4n) is 1.40. The van der Waals surface area contributed by atoms with Crippen LogP contribution in [0, 0.1) is 5.82 Å². The van der Waals surface area contributed by atoms with Gasteiger partial charge in [-0.1, -0.05) is 15.9 Å². The van der Waals surface area contributed by atoms with Crippen molar-refractivity contribution in [2.24, 2.45) is 0 Å². The number of nitrogens with one attached hydrogen (secondary N) is 2. The molecule has 0 atom stereocenters. The van der Waals surface area contributed by atoms with Crippen LogP contribution >= 0.6 is 15.9 Å². The van der Waals surface area contributed by atoms with E-state index in [1.165, 1.54) is 6.07 Å². The lowest BCUT2D eigenvalue weighted by atomic mass is 10.3. The van der Waals surface area contributed by atoms with Crippen molar-refractivity contribution in [1.82, 2.24) is 9.97 Å². The smallest absolute Gasteiger partial charge is 0.224 e. The number of rotatable bonds is 4. The zero-order valence-corrected chi connectivity index (χ0v) is 11.3. The summed E-state index contributed by atoms with van der Waals surface area (Å²) in [4.78, 5) is 8.25. The second-order valence-corrected chi connectivity index (χ2v) is 4.46. The van der Waals surface area contributed by atoms with Gasteiger partial charge in [-0.15, -0.1) is 0 Å². The van der Waals surface area contributed by atoms with E-state index in [-0.39, 0.29) is 5.82 Å². The summed E-state index contributed by atoms with van der Waals surface area (Å²) in [6.45, 7) is 2.69. The fourth-order valence-corrected chi connectivity index (χ4v) is 1.73. The molecule has 2 rings (SSSR count). The molecule has 0 aliphatic rings. The molecule has 0 aliphatic carbocycles. The van der Waals surface area contributed by atoms with E-state index in [1.54, 1.807) is 24.4 Å². The summed E-state index contributed by atoms with van der Waals surface area (Å²) in [6.07, 6.45) is 1.62. The Hall–Kier alpha value is -1.69. The predicted molar refractivity (Wildman–Crippen MR) is 73.6 cm³/mol. The molecule has 1 heterocycles. The van der Waals surface area contributed by atoms with Gasteiger partial charge in [0.25, 0.3) is 0 Å². The predicted octanol–water partition coefficient (Wildman–Crippen LogP) is 3.55. The molecule has 0 amide bonds. The molecule has 0 radical (unpaired) electrons. The van der Waals surface area contributed by atoms with E-state index in [0.29, 0.717) is 21.9 Å². The Balaban J connectivity index is 2.20. The molecule has 1 aromatic heterocycles. The van der Waals surface area contributed by atoms with Crippen molar-refractivity contribution in [2.75, 3.05) is 17.2 Å². The fraction of sp³-hybridized carbons (Fsp3) is 0.167. The van der Waals surface area contributed by atoms with Crippen molar-refractivity contribution in [3.05, 3.63) is 40.8 Å². The maximum Gasteiger partial charge on any atom is 0.224 e. The van der Waals surface area contributed by atoms with E-state index in [2.05, 4.69) is 36.5 Å². The van der Waals surface area contributed by atoms with Gasteiger partial charge in [0.05, 0.1) is 5.69 Å². The molecule has 0 bridgehead atoms. The second-order valence-electron chi connectivity index (χ2n) is 3.54. The van der Waals surface area contributed by atoms with Crippen molar-refractivity contribution >= 4 is 33.4 Å². The molecule has 0 unspecified atom stereocenters. The molecule has 0 aliphatic heterocycles. The number of hydrogen-bond donors (Lipinski definition) is 2. The van der Waals surface area contributed by atoms with E-state index in [0.717, 1.165) is 6.54 Å². The molecule has 0 saturated heterocycles. The van der Waals surface area contributed by atoms with Gasteiger partial charge in [-0.05, 0) is 31.2 Å². The van der Waals surface area contributed by atoms with Crippen molar-refractivity contribution in [3.63, 3.8) is 0 Å². The van der Waals surface area contributed by atoms with Crippen LogP contribution in [0.3, 0.4) is 0 Å². The van der Waals surface area contributed by atoms with Gasteiger partial charge in [0.2, 0.25) is 5.95 Å². The monoisotopic (exact) mass is 310 g/mol. The van der Waals surface area contributed by atoms with Crippen molar-refractivity contribution in [3.8, 4) is 0 Å². The third-order valence-corrected chi connectivity index (χ3v) is 2.68. The van der Waals surface area contributed by atoms with Crippen molar-refractivity contribution in [1.29, 1.82) is 0 Å². The SMILES string of the molecule is CCNc1nccc(Nc2ccc(Br)cc2F)n1. The standard InChI is InChI=1S/C12H12BrFN4/c1-2-15-12-16-6-5-11(18-12)17-10-4-3-8(13)7-9(10)14/h3-7H,2H2,1H3,(H2,15,16,17,18). The Morgan fingerprint density at radius 3 is 2.89 bits per heavy atom. The molecule has 1 aromatic carbocycles. The number of benzene rings is 1. The molecule has 4 nitrogen and oxygen atoms in total. The number of halogens is 2. The zero-order chi connectivity index (χ0) is 13.0. The lowest BCUT2D eigenvalue weighted by Crippen LogP contribution is -2.04. The molecule has 94 valence electrons. The summed E-state index contributed by atoms with van der Waals surface area (Å²) < 4.78 is 14.3. The zero-order valence-electron chi connectivity index (χ0n) is 9.74. The Bertz CT molecular complexity index is 547. The minimum atomic E-state index is -0.340. The molecule has 0 fully saturated rings. The molecular weight excluding hydrogens is 299 g/mol. The van der Waals surface area contributed by atoms with E-state index in [1.807, 2.05) is 6.92 Å². The largest absolute Gasteiger partial charge is 0.354 e.